The average molecular weight is 252 g/mol. The quantitative estimate of drug-likeness (QED) is 0.604. The first-order valence-electron chi connectivity index (χ1n) is 3.21. The third-order valence-corrected chi connectivity index (χ3v) is 2.49. The van der Waals surface area contributed by atoms with Gasteiger partial charge in [-0.15, -0.1) is 6.58 Å². The summed E-state index contributed by atoms with van der Waals surface area (Å²) in [6.07, 6.45) is 1.39. The van der Waals surface area contributed by atoms with E-state index >= 15 is 0 Å². The summed E-state index contributed by atoms with van der Waals surface area (Å²) in [6.45, 7) is 7.47. The lowest BCUT2D eigenvalue weighted by molar-refractivity contribution is 0.174. The van der Waals surface area contributed by atoms with Crippen LogP contribution in [0.4, 0.5) is 0 Å². The molecule has 0 spiro atoms. The van der Waals surface area contributed by atoms with Gasteiger partial charge in [-0.25, -0.2) is 0 Å². The van der Waals surface area contributed by atoms with Crippen molar-refractivity contribution in [3.05, 3.63) is 22.3 Å². The van der Waals surface area contributed by atoms with Gasteiger partial charge in [-0.3, -0.25) is 0 Å². The first-order chi connectivity index (χ1) is 4.63. The monoisotopic (exact) mass is 252 g/mol. The molecule has 0 aliphatic rings. The zero-order valence-electron chi connectivity index (χ0n) is 6.34. The molecule has 10 heavy (non-hydrogen) atoms. The lowest BCUT2D eigenvalue weighted by Gasteiger charge is -2.14. The molecule has 0 aliphatic carbocycles. The molecule has 2 atom stereocenters. The second kappa shape index (κ2) is 4.91. The normalized spacial score (nSPS) is 18.2. The van der Waals surface area contributed by atoms with Crippen molar-refractivity contribution in [1.82, 2.24) is 0 Å². The van der Waals surface area contributed by atoms with E-state index in [-0.39, 0.29) is 12.0 Å². The zero-order valence-corrected chi connectivity index (χ0v) is 8.50. The Bertz CT molecular complexity index is 140. The number of halogens is 1. The van der Waals surface area contributed by atoms with Gasteiger partial charge in [-0.05, 0) is 16.6 Å². The van der Waals surface area contributed by atoms with Crippen LogP contribution in [0.25, 0.3) is 0 Å². The smallest absolute Gasteiger partial charge is 0.0814 e. The first kappa shape index (κ1) is 10.2. The Morgan fingerprint density at radius 1 is 1.70 bits per heavy atom. The molecule has 0 aliphatic heterocycles. The predicted octanol–water partition coefficient (Wildman–Crippen LogP) is 2.51. The van der Waals surface area contributed by atoms with Gasteiger partial charge in [0.1, 0.15) is 0 Å². The Labute approximate surface area is 76.0 Å². The minimum absolute atomic E-state index is 0.144. The van der Waals surface area contributed by atoms with Crippen LogP contribution in [0.3, 0.4) is 0 Å². The van der Waals surface area contributed by atoms with Crippen molar-refractivity contribution in [1.29, 1.82) is 0 Å². The van der Waals surface area contributed by atoms with Crippen molar-refractivity contribution in [2.75, 3.05) is 0 Å². The van der Waals surface area contributed by atoms with Gasteiger partial charge >= 0.3 is 0 Å². The summed E-state index contributed by atoms with van der Waals surface area (Å²) in [5.74, 6) is 0.144. The van der Waals surface area contributed by atoms with E-state index in [1.807, 2.05) is 17.9 Å². The van der Waals surface area contributed by atoms with Gasteiger partial charge in [0.05, 0.1) is 6.10 Å². The van der Waals surface area contributed by atoms with Crippen LogP contribution < -0.4 is 0 Å². The van der Waals surface area contributed by atoms with E-state index in [9.17, 15) is 5.11 Å². The number of aliphatic hydroxyl groups is 1. The third kappa shape index (κ3) is 2.84. The van der Waals surface area contributed by atoms with E-state index < -0.39 is 0 Å². The lowest BCUT2D eigenvalue weighted by atomic mass is 10.0. The second-order valence-corrected chi connectivity index (χ2v) is 3.02. The summed E-state index contributed by atoms with van der Waals surface area (Å²) >= 11 is 2.12. The number of aliphatic hydroxyl groups excluding tert-OH is 1. The highest BCUT2D eigenvalue weighted by atomic mass is 127. The molecule has 0 heterocycles. The Balaban J connectivity index is 4.06. The average Bonchev–Trinajstić information content (AvgIpc) is 2.00. The fourth-order valence-electron chi connectivity index (χ4n) is 0.608. The number of hydrogen-bond donors (Lipinski definition) is 1. The van der Waals surface area contributed by atoms with E-state index in [2.05, 4.69) is 29.2 Å². The zero-order chi connectivity index (χ0) is 8.15. The Morgan fingerprint density at radius 3 is 2.50 bits per heavy atom. The first-order valence-corrected chi connectivity index (χ1v) is 4.45. The highest BCUT2D eigenvalue weighted by Gasteiger charge is 2.11. The maximum atomic E-state index is 9.44. The fraction of sp³-hybridized carbons (Fsp3) is 0.500. The van der Waals surface area contributed by atoms with Gasteiger partial charge in [0.25, 0.3) is 0 Å². The van der Waals surface area contributed by atoms with Crippen molar-refractivity contribution in [3.63, 3.8) is 0 Å². The molecule has 0 radical (unpaired) electrons. The van der Waals surface area contributed by atoms with Crippen LogP contribution in [0.5, 0.6) is 0 Å². The van der Waals surface area contributed by atoms with Gasteiger partial charge < -0.3 is 5.11 Å². The second-order valence-electron chi connectivity index (χ2n) is 2.39. The number of rotatable bonds is 3. The van der Waals surface area contributed by atoms with Crippen molar-refractivity contribution in [2.45, 2.75) is 20.0 Å². The van der Waals surface area contributed by atoms with Gasteiger partial charge in [-0.2, -0.15) is 0 Å². The fourth-order valence-corrected chi connectivity index (χ4v) is 0.977. The minimum atomic E-state index is -0.366. The van der Waals surface area contributed by atoms with Crippen LogP contribution >= 0.6 is 22.6 Å². The van der Waals surface area contributed by atoms with E-state index in [1.54, 1.807) is 6.08 Å². The topological polar surface area (TPSA) is 20.2 Å². The minimum Gasteiger partial charge on any atom is -0.388 e. The van der Waals surface area contributed by atoms with Gasteiger partial charge in [0.15, 0.2) is 0 Å². The van der Waals surface area contributed by atoms with E-state index in [4.69, 9.17) is 0 Å². The van der Waals surface area contributed by atoms with E-state index in [0.717, 1.165) is 5.57 Å². The molecule has 0 aromatic heterocycles. The lowest BCUT2D eigenvalue weighted by Crippen LogP contribution is -2.16. The summed E-state index contributed by atoms with van der Waals surface area (Å²) in [5, 5.41) is 9.44. The largest absolute Gasteiger partial charge is 0.388 e. The Hall–Kier alpha value is 0.170. The molecule has 0 fully saturated rings. The molecule has 0 bridgehead atoms. The maximum Gasteiger partial charge on any atom is 0.0814 e. The summed E-state index contributed by atoms with van der Waals surface area (Å²) in [4.78, 5) is 0. The SMILES string of the molecule is C=C[C@H](C)[C@H](O)/C(C)=C/I. The Kier molecular flexibility index (Phi) is 4.99. The Morgan fingerprint density at radius 2 is 2.20 bits per heavy atom. The molecule has 0 aromatic carbocycles. The van der Waals surface area contributed by atoms with Crippen LogP contribution in [-0.4, -0.2) is 11.2 Å². The molecule has 0 saturated heterocycles. The molecular weight excluding hydrogens is 239 g/mol. The van der Waals surface area contributed by atoms with Crippen LogP contribution in [-0.2, 0) is 0 Å². The van der Waals surface area contributed by atoms with Crippen LogP contribution in [0.15, 0.2) is 22.3 Å². The molecule has 58 valence electrons. The number of hydrogen-bond acceptors (Lipinski definition) is 1. The van der Waals surface area contributed by atoms with Crippen molar-refractivity contribution in [3.8, 4) is 0 Å². The van der Waals surface area contributed by atoms with Crippen molar-refractivity contribution in [2.24, 2.45) is 5.92 Å². The maximum absolute atomic E-state index is 9.44. The van der Waals surface area contributed by atoms with Crippen LogP contribution in [0.2, 0.25) is 0 Å². The summed E-state index contributed by atoms with van der Waals surface area (Å²) in [6, 6.07) is 0. The molecule has 0 amide bonds. The van der Waals surface area contributed by atoms with Gasteiger partial charge in [0, 0.05) is 5.92 Å². The molecule has 0 rings (SSSR count). The van der Waals surface area contributed by atoms with Gasteiger partial charge in [-0.1, -0.05) is 35.6 Å². The summed E-state index contributed by atoms with van der Waals surface area (Å²) < 4.78 is 1.89. The predicted molar refractivity (Wildman–Crippen MR) is 53.1 cm³/mol. The highest BCUT2D eigenvalue weighted by molar-refractivity contribution is 14.1. The molecule has 1 N–H and O–H groups in total. The van der Waals surface area contributed by atoms with Gasteiger partial charge in [0.2, 0.25) is 0 Å². The standard InChI is InChI=1S/C8H13IO/c1-4-6(2)8(10)7(3)5-9/h4-6,8,10H,1H2,2-3H3/b7-5+/t6-,8-/m0/s1. The highest BCUT2D eigenvalue weighted by Crippen LogP contribution is 2.13. The molecule has 0 unspecified atom stereocenters. The molecular formula is C8H13IO. The molecule has 2 heteroatoms. The molecule has 0 aromatic rings. The van der Waals surface area contributed by atoms with Crippen LogP contribution in [0, 0.1) is 5.92 Å². The summed E-state index contributed by atoms with van der Waals surface area (Å²) in [7, 11) is 0. The molecule has 1 nitrogen and oxygen atoms in total. The van der Waals surface area contributed by atoms with Crippen LogP contribution in [0.1, 0.15) is 13.8 Å². The third-order valence-electron chi connectivity index (χ3n) is 1.51. The summed E-state index contributed by atoms with van der Waals surface area (Å²) in [5.41, 5.74) is 0.994. The van der Waals surface area contributed by atoms with E-state index in [0.29, 0.717) is 0 Å². The molecule has 0 saturated carbocycles. The van der Waals surface area contributed by atoms with E-state index in [1.165, 1.54) is 0 Å². The van der Waals surface area contributed by atoms with Crippen molar-refractivity contribution >= 4 is 22.6 Å². The van der Waals surface area contributed by atoms with Crippen molar-refractivity contribution < 1.29 is 5.11 Å².